The van der Waals surface area contributed by atoms with Crippen LogP contribution in [0, 0.1) is 12.3 Å². The number of aromatic nitrogens is 2. The van der Waals surface area contributed by atoms with Crippen LogP contribution in [-0.2, 0) is 0 Å². The SMILES string of the molecule is CSc1ccc(-c2cc(/C(=C/NC3CC3)C(=N)c3cccc(C)n3)ccn2)cc1. The topological polar surface area (TPSA) is 61.7 Å². The summed E-state index contributed by atoms with van der Waals surface area (Å²) in [7, 11) is 0. The summed E-state index contributed by atoms with van der Waals surface area (Å²) in [6.45, 7) is 1.95. The Hall–Kier alpha value is -2.92. The summed E-state index contributed by atoms with van der Waals surface area (Å²) in [6.07, 6.45) is 8.23. The van der Waals surface area contributed by atoms with Gasteiger partial charge in [0.2, 0.25) is 0 Å². The zero-order valence-electron chi connectivity index (χ0n) is 16.6. The van der Waals surface area contributed by atoms with Gasteiger partial charge < -0.3 is 5.32 Å². The molecule has 29 heavy (non-hydrogen) atoms. The number of pyridine rings is 2. The monoisotopic (exact) mass is 400 g/mol. The van der Waals surface area contributed by atoms with E-state index in [2.05, 4.69) is 51.9 Å². The van der Waals surface area contributed by atoms with E-state index in [4.69, 9.17) is 5.41 Å². The summed E-state index contributed by atoms with van der Waals surface area (Å²) in [5.74, 6) is 0. The molecule has 1 saturated carbocycles. The van der Waals surface area contributed by atoms with E-state index < -0.39 is 0 Å². The van der Waals surface area contributed by atoms with Crippen LogP contribution in [0.1, 0.15) is 29.8 Å². The highest BCUT2D eigenvalue weighted by atomic mass is 32.2. The van der Waals surface area contributed by atoms with Crippen LogP contribution in [0.3, 0.4) is 0 Å². The predicted octanol–water partition coefficient (Wildman–Crippen LogP) is 5.33. The first kappa shape index (κ1) is 19.4. The Morgan fingerprint density at radius 3 is 2.62 bits per heavy atom. The smallest absolute Gasteiger partial charge is 0.0889 e. The molecule has 4 nitrogen and oxygen atoms in total. The first-order chi connectivity index (χ1) is 14.1. The van der Waals surface area contributed by atoms with Gasteiger partial charge in [-0.15, -0.1) is 11.8 Å². The molecule has 2 N–H and O–H groups in total. The van der Waals surface area contributed by atoms with E-state index in [1.54, 1.807) is 11.8 Å². The highest BCUT2D eigenvalue weighted by Gasteiger charge is 2.21. The number of aryl methyl sites for hydroxylation is 1. The molecule has 0 saturated heterocycles. The molecule has 2 aromatic heterocycles. The van der Waals surface area contributed by atoms with Crippen LogP contribution in [0.15, 0.2) is 71.9 Å². The first-order valence-corrected chi connectivity index (χ1v) is 11.0. The van der Waals surface area contributed by atoms with Crippen molar-refractivity contribution >= 4 is 23.0 Å². The average Bonchev–Trinajstić information content (AvgIpc) is 3.58. The largest absolute Gasteiger partial charge is 0.388 e. The van der Waals surface area contributed by atoms with Crippen LogP contribution < -0.4 is 5.32 Å². The molecule has 1 aromatic carbocycles. The van der Waals surface area contributed by atoms with E-state index in [1.165, 1.54) is 17.7 Å². The van der Waals surface area contributed by atoms with Crippen molar-refractivity contribution in [3.8, 4) is 11.3 Å². The Kier molecular flexibility index (Phi) is 5.76. The lowest BCUT2D eigenvalue weighted by Gasteiger charge is -2.12. The molecule has 2 heterocycles. The van der Waals surface area contributed by atoms with Gasteiger partial charge in [0.15, 0.2) is 0 Å². The number of hydrogen-bond donors (Lipinski definition) is 2. The molecule has 5 heteroatoms. The van der Waals surface area contributed by atoms with Crippen molar-refractivity contribution in [1.29, 1.82) is 5.41 Å². The fraction of sp³-hybridized carbons (Fsp3) is 0.208. The number of nitrogens with one attached hydrogen (secondary N) is 2. The van der Waals surface area contributed by atoms with Gasteiger partial charge in [-0.3, -0.25) is 15.4 Å². The highest BCUT2D eigenvalue weighted by molar-refractivity contribution is 7.98. The minimum Gasteiger partial charge on any atom is -0.388 e. The highest BCUT2D eigenvalue weighted by Crippen LogP contribution is 2.26. The van der Waals surface area contributed by atoms with Gasteiger partial charge in [-0.25, -0.2) is 0 Å². The quantitative estimate of drug-likeness (QED) is 0.415. The molecule has 0 atom stereocenters. The van der Waals surface area contributed by atoms with Crippen molar-refractivity contribution in [3.05, 3.63) is 83.9 Å². The van der Waals surface area contributed by atoms with Crippen LogP contribution in [-0.4, -0.2) is 28.0 Å². The van der Waals surface area contributed by atoms with Gasteiger partial charge in [-0.1, -0.05) is 18.2 Å². The number of thioether (sulfide) groups is 1. The van der Waals surface area contributed by atoms with Crippen LogP contribution >= 0.6 is 11.8 Å². The number of hydrogen-bond acceptors (Lipinski definition) is 5. The van der Waals surface area contributed by atoms with E-state index >= 15 is 0 Å². The minimum atomic E-state index is 0.414. The molecule has 0 aliphatic heterocycles. The summed E-state index contributed by atoms with van der Waals surface area (Å²) < 4.78 is 0. The minimum absolute atomic E-state index is 0.414. The summed E-state index contributed by atoms with van der Waals surface area (Å²) in [5, 5.41) is 12.3. The molecule has 0 spiro atoms. The average molecular weight is 401 g/mol. The second-order valence-corrected chi connectivity index (χ2v) is 8.08. The van der Waals surface area contributed by atoms with Gasteiger partial charge in [0.05, 0.1) is 17.1 Å². The number of benzene rings is 1. The Morgan fingerprint density at radius 2 is 1.93 bits per heavy atom. The van der Waals surface area contributed by atoms with Crippen LogP contribution in [0.25, 0.3) is 16.8 Å². The standard InChI is InChI=1S/C24H24N4S/c1-16-4-3-5-22(28-16)24(25)21(15-27-19-8-9-19)18-12-13-26-23(14-18)17-6-10-20(29-2)11-7-17/h3-7,10-15,19,25,27H,8-9H2,1-2H3/b21-15-,25-24?. The third-order valence-electron chi connectivity index (χ3n) is 4.91. The second-order valence-electron chi connectivity index (χ2n) is 7.20. The maximum Gasteiger partial charge on any atom is 0.0889 e. The molecule has 1 aliphatic rings. The van der Waals surface area contributed by atoms with E-state index in [1.807, 2.05) is 43.6 Å². The molecule has 0 amide bonds. The van der Waals surface area contributed by atoms with Crippen molar-refractivity contribution in [2.24, 2.45) is 0 Å². The zero-order valence-corrected chi connectivity index (χ0v) is 17.5. The molecule has 0 bridgehead atoms. The number of allylic oxidation sites excluding steroid dienone is 1. The third kappa shape index (κ3) is 4.74. The molecule has 3 aromatic rings. The lowest BCUT2D eigenvalue weighted by atomic mass is 9.98. The number of nitrogens with zero attached hydrogens (tertiary/aromatic N) is 2. The van der Waals surface area contributed by atoms with Crippen molar-refractivity contribution in [2.45, 2.75) is 30.7 Å². The Balaban J connectivity index is 1.70. The molecule has 0 unspecified atom stereocenters. The zero-order chi connectivity index (χ0) is 20.2. The normalized spacial score (nSPS) is 13.9. The van der Waals surface area contributed by atoms with Gasteiger partial charge in [0, 0.05) is 40.2 Å². The van der Waals surface area contributed by atoms with Crippen LogP contribution in [0.5, 0.6) is 0 Å². The van der Waals surface area contributed by atoms with Crippen molar-refractivity contribution < 1.29 is 0 Å². The number of rotatable bonds is 7. The molecule has 1 aliphatic carbocycles. The van der Waals surface area contributed by atoms with E-state index in [0.29, 0.717) is 17.4 Å². The summed E-state index contributed by atoms with van der Waals surface area (Å²) in [5.41, 5.74) is 5.76. The van der Waals surface area contributed by atoms with Gasteiger partial charge in [0.25, 0.3) is 0 Å². The molecular formula is C24H24N4S. The summed E-state index contributed by atoms with van der Waals surface area (Å²) in [4.78, 5) is 10.3. The molecule has 146 valence electrons. The second kappa shape index (κ2) is 8.62. The fourth-order valence-corrected chi connectivity index (χ4v) is 3.50. The van der Waals surface area contributed by atoms with Crippen molar-refractivity contribution in [2.75, 3.05) is 6.26 Å². The van der Waals surface area contributed by atoms with Crippen LogP contribution in [0.4, 0.5) is 0 Å². The molecule has 4 rings (SSSR count). The predicted molar refractivity (Wildman–Crippen MR) is 121 cm³/mol. The lowest BCUT2D eigenvalue weighted by molar-refractivity contribution is 0.865. The van der Waals surface area contributed by atoms with Crippen molar-refractivity contribution in [3.63, 3.8) is 0 Å². The lowest BCUT2D eigenvalue weighted by Crippen LogP contribution is -2.13. The van der Waals surface area contributed by atoms with Gasteiger partial charge in [0.1, 0.15) is 0 Å². The summed E-state index contributed by atoms with van der Waals surface area (Å²) >= 11 is 1.73. The maximum absolute atomic E-state index is 8.82. The molecular weight excluding hydrogens is 376 g/mol. The molecule has 1 fully saturated rings. The molecule has 0 radical (unpaired) electrons. The van der Waals surface area contributed by atoms with Crippen LogP contribution in [0.2, 0.25) is 0 Å². The van der Waals surface area contributed by atoms with Crippen molar-refractivity contribution in [1.82, 2.24) is 15.3 Å². The van der Waals surface area contributed by atoms with Gasteiger partial charge in [-0.05, 0) is 68.0 Å². The first-order valence-electron chi connectivity index (χ1n) is 9.74. The summed E-state index contributed by atoms with van der Waals surface area (Å²) in [6, 6.07) is 18.7. The fourth-order valence-electron chi connectivity index (χ4n) is 3.09. The third-order valence-corrected chi connectivity index (χ3v) is 5.65. The Morgan fingerprint density at radius 1 is 1.14 bits per heavy atom. The van der Waals surface area contributed by atoms with E-state index in [9.17, 15) is 0 Å². The van der Waals surface area contributed by atoms with E-state index in [0.717, 1.165) is 28.1 Å². The maximum atomic E-state index is 8.82. The van der Waals surface area contributed by atoms with E-state index in [-0.39, 0.29) is 0 Å². The van der Waals surface area contributed by atoms with Gasteiger partial charge in [-0.2, -0.15) is 0 Å². The van der Waals surface area contributed by atoms with Gasteiger partial charge >= 0.3 is 0 Å². The Bertz CT molecular complexity index is 1050. The Labute approximate surface area is 176 Å².